The number of aryl methyl sites for hydroxylation is 1. The third kappa shape index (κ3) is 3.43. The number of nitrogens with zero attached hydrogens (tertiary/aromatic N) is 2. The molecule has 2 heterocycles. The lowest BCUT2D eigenvalue weighted by Gasteiger charge is -2.06. The average molecular weight is 295 g/mol. The number of nitrogens with one attached hydrogen (secondary N) is 1. The summed E-state index contributed by atoms with van der Waals surface area (Å²) >= 11 is 1.47. The van der Waals surface area contributed by atoms with E-state index in [1.54, 1.807) is 7.11 Å². The van der Waals surface area contributed by atoms with Crippen molar-refractivity contribution < 1.29 is 9.53 Å². The van der Waals surface area contributed by atoms with Crippen LogP contribution in [0.5, 0.6) is 0 Å². The Balaban J connectivity index is 2.04. The van der Waals surface area contributed by atoms with Gasteiger partial charge in [-0.2, -0.15) is 0 Å². The molecule has 0 saturated heterocycles. The maximum Gasteiger partial charge on any atom is 0.262 e. The molecule has 7 heteroatoms. The highest BCUT2D eigenvalue weighted by Crippen LogP contribution is 2.19. The van der Waals surface area contributed by atoms with Crippen LogP contribution in [-0.2, 0) is 16.1 Å². The van der Waals surface area contributed by atoms with Crippen LogP contribution in [0.1, 0.15) is 11.3 Å². The van der Waals surface area contributed by atoms with Gasteiger partial charge in [0.15, 0.2) is 0 Å². The Morgan fingerprint density at radius 3 is 3.10 bits per heavy atom. The van der Waals surface area contributed by atoms with E-state index in [0.29, 0.717) is 23.4 Å². The van der Waals surface area contributed by atoms with Crippen LogP contribution >= 0.6 is 11.3 Å². The minimum absolute atomic E-state index is 0.0103. The molecule has 0 aliphatic rings. The van der Waals surface area contributed by atoms with Crippen LogP contribution in [0.3, 0.4) is 0 Å². The van der Waals surface area contributed by atoms with Crippen LogP contribution in [-0.4, -0.2) is 35.7 Å². The van der Waals surface area contributed by atoms with Crippen LogP contribution in [0.2, 0.25) is 0 Å². The van der Waals surface area contributed by atoms with Gasteiger partial charge in [-0.1, -0.05) is 0 Å². The highest BCUT2D eigenvalue weighted by molar-refractivity contribution is 7.18. The molecule has 2 aromatic heterocycles. The fourth-order valence-electron chi connectivity index (χ4n) is 1.85. The maximum atomic E-state index is 12.2. The van der Waals surface area contributed by atoms with Crippen LogP contribution in [0.4, 0.5) is 0 Å². The summed E-state index contributed by atoms with van der Waals surface area (Å²) in [5.41, 5.74) is -0.175. The van der Waals surface area contributed by atoms with Gasteiger partial charge in [0, 0.05) is 25.1 Å². The Hall–Kier alpha value is -1.73. The highest BCUT2D eigenvalue weighted by atomic mass is 32.1. The lowest BCUT2D eigenvalue weighted by atomic mass is 10.3. The number of hydrogen-bond acceptors (Lipinski definition) is 5. The molecule has 0 bridgehead atoms. The van der Waals surface area contributed by atoms with E-state index in [2.05, 4.69) is 10.3 Å². The van der Waals surface area contributed by atoms with Crippen molar-refractivity contribution in [3.63, 3.8) is 0 Å². The van der Waals surface area contributed by atoms with E-state index in [4.69, 9.17) is 4.74 Å². The monoisotopic (exact) mass is 295 g/mol. The molecule has 0 aliphatic carbocycles. The molecule has 0 atom stereocenters. The molecule has 108 valence electrons. The molecule has 0 aromatic carbocycles. The van der Waals surface area contributed by atoms with Gasteiger partial charge < -0.3 is 10.1 Å². The topological polar surface area (TPSA) is 73.2 Å². The van der Waals surface area contributed by atoms with Crippen LogP contribution < -0.4 is 10.9 Å². The number of rotatable bonds is 6. The Morgan fingerprint density at radius 2 is 2.35 bits per heavy atom. The van der Waals surface area contributed by atoms with Crippen molar-refractivity contribution in [1.29, 1.82) is 0 Å². The summed E-state index contributed by atoms with van der Waals surface area (Å²) in [7, 11) is 1.62. The van der Waals surface area contributed by atoms with Gasteiger partial charge in [0.1, 0.15) is 11.4 Å². The molecule has 2 rings (SSSR count). The fourth-order valence-corrected chi connectivity index (χ4v) is 2.69. The first-order valence-electron chi connectivity index (χ1n) is 6.33. The van der Waals surface area contributed by atoms with Gasteiger partial charge in [-0.25, -0.2) is 4.98 Å². The van der Waals surface area contributed by atoms with Gasteiger partial charge >= 0.3 is 0 Å². The van der Waals surface area contributed by atoms with E-state index in [0.717, 1.165) is 11.3 Å². The lowest BCUT2D eigenvalue weighted by molar-refractivity contribution is -0.121. The molecule has 0 radical (unpaired) electrons. The molecule has 0 fully saturated rings. The van der Waals surface area contributed by atoms with Crippen molar-refractivity contribution in [3.8, 4) is 0 Å². The number of carbonyl (C=O) groups is 1. The third-order valence-electron chi connectivity index (χ3n) is 2.80. The van der Waals surface area contributed by atoms with E-state index in [-0.39, 0.29) is 18.0 Å². The summed E-state index contributed by atoms with van der Waals surface area (Å²) < 4.78 is 6.23. The smallest absolute Gasteiger partial charge is 0.262 e. The minimum atomic E-state index is -0.198. The van der Waals surface area contributed by atoms with Gasteiger partial charge in [0.2, 0.25) is 5.91 Å². The van der Waals surface area contributed by atoms with Crippen LogP contribution in [0.25, 0.3) is 10.2 Å². The molecule has 0 aliphatic heterocycles. The first-order chi connectivity index (χ1) is 9.61. The molecule has 6 nitrogen and oxygen atoms in total. The van der Waals surface area contributed by atoms with Crippen molar-refractivity contribution in [2.75, 3.05) is 20.3 Å². The molecule has 20 heavy (non-hydrogen) atoms. The molecule has 1 N–H and O–H groups in total. The molecule has 0 spiro atoms. The Morgan fingerprint density at radius 1 is 1.55 bits per heavy atom. The summed E-state index contributed by atoms with van der Waals surface area (Å²) in [6.45, 7) is 3.05. The molecule has 2 aromatic rings. The number of fused-ring (bicyclic) bond motifs is 1. The standard InChI is InChI=1S/C13H17N3O3S/c1-9-6-10-12(20-9)15-8-16(13(10)18)7-11(17)14-4-3-5-19-2/h6,8H,3-5,7H2,1-2H3,(H,14,17). The molecule has 1 amide bonds. The second-order valence-electron chi connectivity index (χ2n) is 4.45. The zero-order valence-electron chi connectivity index (χ0n) is 11.5. The number of amides is 1. The Kier molecular flexibility index (Phi) is 4.86. The predicted octanol–water partition coefficient (Wildman–Crippen LogP) is 0.919. The van der Waals surface area contributed by atoms with Gasteiger partial charge in [-0.3, -0.25) is 14.2 Å². The zero-order chi connectivity index (χ0) is 14.5. The van der Waals surface area contributed by atoms with Gasteiger partial charge in [-0.05, 0) is 19.4 Å². The largest absolute Gasteiger partial charge is 0.385 e. The number of ether oxygens (including phenoxy) is 1. The Bertz CT molecular complexity index is 662. The number of thiophene rings is 1. The van der Waals surface area contributed by atoms with Crippen molar-refractivity contribution in [2.24, 2.45) is 0 Å². The van der Waals surface area contributed by atoms with Gasteiger partial charge in [0.05, 0.1) is 11.7 Å². The van der Waals surface area contributed by atoms with E-state index >= 15 is 0 Å². The number of hydrogen-bond donors (Lipinski definition) is 1. The maximum absolute atomic E-state index is 12.2. The second-order valence-corrected chi connectivity index (χ2v) is 5.68. The van der Waals surface area contributed by atoms with Crippen LogP contribution in [0, 0.1) is 6.92 Å². The molecular weight excluding hydrogens is 278 g/mol. The highest BCUT2D eigenvalue weighted by Gasteiger charge is 2.09. The first kappa shape index (κ1) is 14.7. The van der Waals surface area contributed by atoms with Gasteiger partial charge in [0.25, 0.3) is 5.56 Å². The van der Waals surface area contributed by atoms with E-state index in [1.165, 1.54) is 22.2 Å². The van der Waals surface area contributed by atoms with Crippen molar-refractivity contribution in [3.05, 3.63) is 27.6 Å². The van der Waals surface area contributed by atoms with Crippen LogP contribution in [0.15, 0.2) is 17.2 Å². The summed E-state index contributed by atoms with van der Waals surface area (Å²) in [5, 5.41) is 3.31. The lowest BCUT2D eigenvalue weighted by Crippen LogP contribution is -2.33. The second kappa shape index (κ2) is 6.62. The molecule has 0 unspecified atom stereocenters. The normalized spacial score (nSPS) is 10.9. The van der Waals surface area contributed by atoms with Gasteiger partial charge in [-0.15, -0.1) is 11.3 Å². The van der Waals surface area contributed by atoms with E-state index < -0.39 is 0 Å². The van der Waals surface area contributed by atoms with E-state index in [1.807, 2.05) is 13.0 Å². The number of aromatic nitrogens is 2. The quantitative estimate of drug-likeness (QED) is 0.804. The number of carbonyl (C=O) groups excluding carboxylic acids is 1. The van der Waals surface area contributed by atoms with Crippen molar-refractivity contribution in [1.82, 2.24) is 14.9 Å². The minimum Gasteiger partial charge on any atom is -0.385 e. The van der Waals surface area contributed by atoms with E-state index in [9.17, 15) is 9.59 Å². The van der Waals surface area contributed by atoms with Crippen molar-refractivity contribution >= 4 is 27.5 Å². The molecule has 0 saturated carbocycles. The summed E-state index contributed by atoms with van der Waals surface area (Å²) in [4.78, 5) is 29.9. The zero-order valence-corrected chi connectivity index (χ0v) is 12.3. The predicted molar refractivity (Wildman–Crippen MR) is 78.1 cm³/mol. The summed E-state index contributed by atoms with van der Waals surface area (Å²) in [5.74, 6) is -0.198. The Labute approximate surface area is 120 Å². The number of methoxy groups -OCH3 is 1. The first-order valence-corrected chi connectivity index (χ1v) is 7.14. The van der Waals surface area contributed by atoms with Crippen molar-refractivity contribution in [2.45, 2.75) is 19.9 Å². The summed E-state index contributed by atoms with van der Waals surface area (Å²) in [6.07, 6.45) is 2.17. The summed E-state index contributed by atoms with van der Waals surface area (Å²) in [6, 6.07) is 1.81. The molecular formula is C13H17N3O3S. The SMILES string of the molecule is COCCCNC(=O)Cn1cnc2sc(C)cc2c1=O. The average Bonchev–Trinajstić information content (AvgIpc) is 2.80. The third-order valence-corrected chi connectivity index (χ3v) is 3.76. The fraction of sp³-hybridized carbons (Fsp3) is 0.462.